The SMILES string of the molecule is COc1ccc(Cl)cc1C(=O)N1CCC2CNCC2C1. The molecule has 1 N–H and O–H groups in total. The van der Waals surface area contributed by atoms with Crippen LogP contribution >= 0.6 is 11.6 Å². The van der Waals surface area contributed by atoms with E-state index in [1.54, 1.807) is 25.3 Å². The fourth-order valence-electron chi connectivity index (χ4n) is 3.24. The number of hydrogen-bond donors (Lipinski definition) is 1. The number of carbonyl (C=O) groups is 1. The molecule has 0 radical (unpaired) electrons. The minimum absolute atomic E-state index is 0.0229. The highest BCUT2D eigenvalue weighted by Gasteiger charge is 2.35. The van der Waals surface area contributed by atoms with Gasteiger partial charge in [0.25, 0.3) is 5.91 Å². The van der Waals surface area contributed by atoms with E-state index < -0.39 is 0 Å². The Hall–Kier alpha value is -1.26. The summed E-state index contributed by atoms with van der Waals surface area (Å²) in [5.41, 5.74) is 0.560. The molecule has 1 aromatic carbocycles. The molecule has 2 heterocycles. The van der Waals surface area contributed by atoms with Crippen LogP contribution in [0.1, 0.15) is 16.8 Å². The molecule has 0 aliphatic carbocycles. The summed E-state index contributed by atoms with van der Waals surface area (Å²) in [6.07, 6.45) is 1.08. The summed E-state index contributed by atoms with van der Waals surface area (Å²) in [5, 5.41) is 3.97. The summed E-state index contributed by atoms with van der Waals surface area (Å²) in [4.78, 5) is 14.6. The molecule has 0 saturated carbocycles. The predicted octanol–water partition coefficient (Wildman–Crippen LogP) is 2.03. The van der Waals surface area contributed by atoms with E-state index >= 15 is 0 Å². The number of nitrogens with zero attached hydrogens (tertiary/aromatic N) is 1. The van der Waals surface area contributed by atoms with Gasteiger partial charge in [-0.1, -0.05) is 11.6 Å². The van der Waals surface area contributed by atoms with Crippen LogP contribution in [0.5, 0.6) is 5.75 Å². The molecule has 3 rings (SSSR count). The van der Waals surface area contributed by atoms with Crippen LogP contribution in [-0.2, 0) is 0 Å². The Labute approximate surface area is 124 Å². The van der Waals surface area contributed by atoms with Gasteiger partial charge < -0.3 is 15.0 Å². The quantitative estimate of drug-likeness (QED) is 0.907. The molecule has 0 bridgehead atoms. The molecule has 5 heteroatoms. The van der Waals surface area contributed by atoms with Crippen molar-refractivity contribution in [2.45, 2.75) is 6.42 Å². The molecular formula is C15H19ClN2O2. The molecule has 2 aliphatic heterocycles. The first-order valence-electron chi connectivity index (χ1n) is 7.02. The molecule has 4 nitrogen and oxygen atoms in total. The average Bonchev–Trinajstić information content (AvgIpc) is 2.93. The van der Waals surface area contributed by atoms with Gasteiger partial charge in [-0.15, -0.1) is 0 Å². The van der Waals surface area contributed by atoms with Gasteiger partial charge in [-0.05, 0) is 49.5 Å². The summed E-state index contributed by atoms with van der Waals surface area (Å²) >= 11 is 6.01. The molecule has 1 aromatic rings. The number of piperidine rings is 1. The topological polar surface area (TPSA) is 41.6 Å². The van der Waals surface area contributed by atoms with Gasteiger partial charge in [0.15, 0.2) is 0 Å². The second kappa shape index (κ2) is 5.62. The summed E-state index contributed by atoms with van der Waals surface area (Å²) in [5.74, 6) is 1.92. The highest BCUT2D eigenvalue weighted by Crippen LogP contribution is 2.30. The fourth-order valence-corrected chi connectivity index (χ4v) is 3.41. The van der Waals surface area contributed by atoms with Gasteiger partial charge in [0.05, 0.1) is 12.7 Å². The molecule has 0 spiro atoms. The van der Waals surface area contributed by atoms with Crippen molar-refractivity contribution >= 4 is 17.5 Å². The maximum atomic E-state index is 12.7. The van der Waals surface area contributed by atoms with Crippen LogP contribution in [0, 0.1) is 11.8 Å². The van der Waals surface area contributed by atoms with Crippen LogP contribution < -0.4 is 10.1 Å². The lowest BCUT2D eigenvalue weighted by Gasteiger charge is -2.34. The highest BCUT2D eigenvalue weighted by atomic mass is 35.5. The van der Waals surface area contributed by atoms with Crippen LogP contribution in [0.3, 0.4) is 0 Å². The first kappa shape index (κ1) is 13.7. The smallest absolute Gasteiger partial charge is 0.257 e. The zero-order chi connectivity index (χ0) is 14.1. The van der Waals surface area contributed by atoms with E-state index in [0.717, 1.165) is 38.5 Å². The number of amides is 1. The van der Waals surface area contributed by atoms with Crippen molar-refractivity contribution < 1.29 is 9.53 Å². The van der Waals surface area contributed by atoms with Crippen molar-refractivity contribution in [1.82, 2.24) is 10.2 Å². The Kier molecular flexibility index (Phi) is 3.85. The van der Waals surface area contributed by atoms with Crippen molar-refractivity contribution in [2.24, 2.45) is 11.8 Å². The Morgan fingerprint density at radius 1 is 1.40 bits per heavy atom. The number of ether oxygens (including phenoxy) is 1. The highest BCUT2D eigenvalue weighted by molar-refractivity contribution is 6.31. The third-order valence-electron chi connectivity index (χ3n) is 4.38. The zero-order valence-electron chi connectivity index (χ0n) is 11.6. The Morgan fingerprint density at radius 2 is 2.20 bits per heavy atom. The molecule has 20 heavy (non-hydrogen) atoms. The number of nitrogens with one attached hydrogen (secondary N) is 1. The standard InChI is InChI=1S/C15H19ClN2O2/c1-20-14-3-2-12(16)6-13(14)15(19)18-5-4-10-7-17-8-11(10)9-18/h2-3,6,10-11,17H,4-5,7-9H2,1H3. The molecule has 2 aliphatic rings. The Balaban J connectivity index is 1.80. The number of carbonyl (C=O) groups excluding carboxylic acids is 1. The molecule has 2 atom stereocenters. The first-order chi connectivity index (χ1) is 9.69. The molecule has 2 fully saturated rings. The summed E-state index contributed by atoms with van der Waals surface area (Å²) in [6.45, 7) is 3.75. The number of benzene rings is 1. The largest absolute Gasteiger partial charge is 0.496 e. The van der Waals surface area contributed by atoms with Crippen molar-refractivity contribution in [3.05, 3.63) is 28.8 Å². The third-order valence-corrected chi connectivity index (χ3v) is 4.62. The lowest BCUT2D eigenvalue weighted by Crippen LogP contribution is -2.43. The van der Waals surface area contributed by atoms with E-state index in [2.05, 4.69) is 5.32 Å². The van der Waals surface area contributed by atoms with Gasteiger partial charge in [0.2, 0.25) is 0 Å². The normalized spacial score (nSPS) is 25.4. The number of rotatable bonds is 2. The van der Waals surface area contributed by atoms with Crippen LogP contribution in [0.4, 0.5) is 0 Å². The number of hydrogen-bond acceptors (Lipinski definition) is 3. The summed E-state index contributed by atoms with van der Waals surface area (Å²) < 4.78 is 5.28. The van der Waals surface area contributed by atoms with Crippen LogP contribution in [-0.4, -0.2) is 44.1 Å². The van der Waals surface area contributed by atoms with E-state index in [9.17, 15) is 4.79 Å². The van der Waals surface area contributed by atoms with E-state index in [4.69, 9.17) is 16.3 Å². The Morgan fingerprint density at radius 3 is 3.00 bits per heavy atom. The fraction of sp³-hybridized carbons (Fsp3) is 0.533. The minimum atomic E-state index is 0.0229. The molecule has 2 saturated heterocycles. The number of halogens is 1. The summed E-state index contributed by atoms with van der Waals surface area (Å²) in [6, 6.07) is 5.19. The minimum Gasteiger partial charge on any atom is -0.496 e. The Bertz CT molecular complexity index is 521. The molecule has 108 valence electrons. The monoisotopic (exact) mass is 294 g/mol. The number of likely N-dealkylation sites (tertiary alicyclic amines) is 1. The average molecular weight is 295 g/mol. The van der Waals surface area contributed by atoms with E-state index in [-0.39, 0.29) is 5.91 Å². The second-order valence-corrected chi connectivity index (χ2v) is 6.00. The van der Waals surface area contributed by atoms with E-state index in [1.807, 2.05) is 4.90 Å². The van der Waals surface area contributed by atoms with Crippen LogP contribution in [0.2, 0.25) is 5.02 Å². The van der Waals surface area contributed by atoms with E-state index in [0.29, 0.717) is 22.3 Å². The summed E-state index contributed by atoms with van der Waals surface area (Å²) in [7, 11) is 1.58. The zero-order valence-corrected chi connectivity index (χ0v) is 12.3. The predicted molar refractivity (Wildman–Crippen MR) is 78.4 cm³/mol. The number of fused-ring (bicyclic) bond motifs is 1. The van der Waals surface area contributed by atoms with Gasteiger partial charge >= 0.3 is 0 Å². The van der Waals surface area contributed by atoms with Gasteiger partial charge in [-0.2, -0.15) is 0 Å². The van der Waals surface area contributed by atoms with Crippen LogP contribution in [0.25, 0.3) is 0 Å². The third kappa shape index (κ3) is 2.50. The molecule has 2 unspecified atom stereocenters. The van der Waals surface area contributed by atoms with Gasteiger partial charge in [0.1, 0.15) is 5.75 Å². The second-order valence-electron chi connectivity index (χ2n) is 5.56. The van der Waals surface area contributed by atoms with Crippen molar-refractivity contribution in [3.63, 3.8) is 0 Å². The van der Waals surface area contributed by atoms with Gasteiger partial charge in [-0.3, -0.25) is 4.79 Å². The lowest BCUT2D eigenvalue weighted by molar-refractivity contribution is 0.0639. The van der Waals surface area contributed by atoms with Crippen LogP contribution in [0.15, 0.2) is 18.2 Å². The maximum absolute atomic E-state index is 12.7. The van der Waals surface area contributed by atoms with Gasteiger partial charge in [0, 0.05) is 18.1 Å². The van der Waals surface area contributed by atoms with Gasteiger partial charge in [-0.25, -0.2) is 0 Å². The molecule has 0 aromatic heterocycles. The number of methoxy groups -OCH3 is 1. The van der Waals surface area contributed by atoms with E-state index in [1.165, 1.54) is 0 Å². The maximum Gasteiger partial charge on any atom is 0.257 e. The molecule has 1 amide bonds. The van der Waals surface area contributed by atoms with Crippen molar-refractivity contribution in [3.8, 4) is 5.75 Å². The first-order valence-corrected chi connectivity index (χ1v) is 7.40. The molecular weight excluding hydrogens is 276 g/mol. The lowest BCUT2D eigenvalue weighted by atomic mass is 9.88. The van der Waals surface area contributed by atoms with Crippen molar-refractivity contribution in [2.75, 3.05) is 33.3 Å². The van der Waals surface area contributed by atoms with Crippen molar-refractivity contribution in [1.29, 1.82) is 0 Å².